The molecular weight excluding hydrogens is 316 g/mol. The number of benzene rings is 1. The van der Waals surface area contributed by atoms with Crippen molar-refractivity contribution in [3.63, 3.8) is 0 Å². The second kappa shape index (κ2) is 5.03. The second-order valence-electron chi connectivity index (χ2n) is 6.56. The minimum Gasteiger partial charge on any atom is -0.352 e. The van der Waals surface area contributed by atoms with Crippen molar-refractivity contribution in [2.75, 3.05) is 19.7 Å². The summed E-state index contributed by atoms with van der Waals surface area (Å²) in [5.74, 6) is -0.0296. The SMILES string of the molecule is Cc1cccc(CS(=O)(=O)N2CC[C@@]34OCCN3C(=O)C[C@@H]24)c1. The van der Waals surface area contributed by atoms with Gasteiger partial charge in [0.1, 0.15) is 0 Å². The van der Waals surface area contributed by atoms with Gasteiger partial charge in [-0.1, -0.05) is 29.8 Å². The van der Waals surface area contributed by atoms with Crippen molar-refractivity contribution in [1.82, 2.24) is 9.21 Å². The van der Waals surface area contributed by atoms with Gasteiger partial charge in [0.25, 0.3) is 0 Å². The Labute approximate surface area is 136 Å². The van der Waals surface area contributed by atoms with Crippen LogP contribution >= 0.6 is 0 Å². The summed E-state index contributed by atoms with van der Waals surface area (Å²) in [6.45, 7) is 3.43. The maximum Gasteiger partial charge on any atom is 0.226 e. The van der Waals surface area contributed by atoms with E-state index in [-0.39, 0.29) is 24.1 Å². The van der Waals surface area contributed by atoms with Gasteiger partial charge >= 0.3 is 0 Å². The highest BCUT2D eigenvalue weighted by atomic mass is 32.2. The van der Waals surface area contributed by atoms with Crippen molar-refractivity contribution in [2.24, 2.45) is 0 Å². The zero-order valence-corrected chi connectivity index (χ0v) is 13.9. The Morgan fingerprint density at radius 2 is 2.17 bits per heavy atom. The Morgan fingerprint density at radius 1 is 1.35 bits per heavy atom. The topological polar surface area (TPSA) is 66.9 Å². The average Bonchev–Trinajstić information content (AvgIpc) is 3.10. The fraction of sp³-hybridized carbons (Fsp3) is 0.562. The lowest BCUT2D eigenvalue weighted by molar-refractivity contribution is -0.136. The van der Waals surface area contributed by atoms with Gasteiger partial charge in [0.2, 0.25) is 15.9 Å². The molecule has 0 aromatic heterocycles. The van der Waals surface area contributed by atoms with Crippen LogP contribution in [-0.4, -0.2) is 55.0 Å². The molecule has 1 aromatic rings. The molecule has 0 radical (unpaired) electrons. The molecule has 0 unspecified atom stereocenters. The van der Waals surface area contributed by atoms with Crippen molar-refractivity contribution >= 4 is 15.9 Å². The van der Waals surface area contributed by atoms with Gasteiger partial charge in [-0.25, -0.2) is 8.42 Å². The predicted octanol–water partition coefficient (Wildman–Crippen LogP) is 0.858. The molecule has 3 aliphatic heterocycles. The first kappa shape index (κ1) is 15.1. The third kappa shape index (κ3) is 2.21. The number of hydrogen-bond acceptors (Lipinski definition) is 4. The zero-order valence-electron chi connectivity index (χ0n) is 13.1. The third-order valence-electron chi connectivity index (χ3n) is 5.14. The van der Waals surface area contributed by atoms with E-state index >= 15 is 0 Å². The third-order valence-corrected chi connectivity index (χ3v) is 6.99. The first-order valence-electron chi connectivity index (χ1n) is 7.92. The molecular formula is C16H20N2O4S. The van der Waals surface area contributed by atoms with Gasteiger partial charge in [-0.2, -0.15) is 4.31 Å². The summed E-state index contributed by atoms with van der Waals surface area (Å²) in [7, 11) is -3.48. The number of carbonyl (C=O) groups excluding carboxylic acids is 1. The molecule has 0 aliphatic carbocycles. The molecule has 0 saturated carbocycles. The quantitative estimate of drug-likeness (QED) is 0.821. The Hall–Kier alpha value is -1.44. The first-order valence-corrected chi connectivity index (χ1v) is 9.53. The van der Waals surface area contributed by atoms with Gasteiger partial charge in [-0.15, -0.1) is 0 Å². The fourth-order valence-electron chi connectivity index (χ4n) is 4.18. The summed E-state index contributed by atoms with van der Waals surface area (Å²) in [5, 5.41) is 0. The largest absolute Gasteiger partial charge is 0.352 e. The van der Waals surface area contributed by atoms with Crippen LogP contribution in [0.5, 0.6) is 0 Å². The van der Waals surface area contributed by atoms with E-state index in [4.69, 9.17) is 4.74 Å². The zero-order chi connectivity index (χ0) is 16.2. The van der Waals surface area contributed by atoms with Gasteiger partial charge in [0.15, 0.2) is 5.72 Å². The molecule has 3 saturated heterocycles. The Kier molecular flexibility index (Phi) is 3.30. The van der Waals surface area contributed by atoms with E-state index in [0.717, 1.165) is 11.1 Å². The number of rotatable bonds is 3. The van der Waals surface area contributed by atoms with Gasteiger partial charge in [-0.3, -0.25) is 4.79 Å². The maximum absolute atomic E-state index is 12.9. The van der Waals surface area contributed by atoms with Crippen molar-refractivity contribution in [3.8, 4) is 0 Å². The first-order chi connectivity index (χ1) is 10.9. The van der Waals surface area contributed by atoms with E-state index in [1.165, 1.54) is 4.31 Å². The van der Waals surface area contributed by atoms with Crippen LogP contribution in [0.1, 0.15) is 24.0 Å². The highest BCUT2D eigenvalue weighted by molar-refractivity contribution is 7.88. The van der Waals surface area contributed by atoms with E-state index in [9.17, 15) is 13.2 Å². The molecule has 2 atom stereocenters. The summed E-state index contributed by atoms with van der Waals surface area (Å²) in [5.41, 5.74) is 1.10. The van der Waals surface area contributed by atoms with Gasteiger partial charge in [-0.05, 0) is 12.5 Å². The van der Waals surface area contributed by atoms with Crippen LogP contribution in [-0.2, 0) is 25.3 Å². The highest BCUT2D eigenvalue weighted by Crippen LogP contribution is 2.46. The highest BCUT2D eigenvalue weighted by Gasteiger charge is 2.63. The van der Waals surface area contributed by atoms with Crippen molar-refractivity contribution in [3.05, 3.63) is 35.4 Å². The molecule has 0 N–H and O–H groups in total. The van der Waals surface area contributed by atoms with E-state index in [2.05, 4.69) is 0 Å². The van der Waals surface area contributed by atoms with E-state index < -0.39 is 15.7 Å². The number of sulfonamides is 1. The lowest BCUT2D eigenvalue weighted by Crippen LogP contribution is -2.48. The lowest BCUT2D eigenvalue weighted by Gasteiger charge is -2.31. The molecule has 1 amide bonds. The number of hydrogen-bond donors (Lipinski definition) is 0. The minimum atomic E-state index is -3.48. The van der Waals surface area contributed by atoms with Crippen LogP contribution in [0.3, 0.4) is 0 Å². The molecule has 0 bridgehead atoms. The Morgan fingerprint density at radius 3 is 2.96 bits per heavy atom. The molecule has 7 heteroatoms. The van der Waals surface area contributed by atoms with Gasteiger partial charge in [0, 0.05) is 25.9 Å². The van der Waals surface area contributed by atoms with Crippen molar-refractivity contribution < 1.29 is 17.9 Å². The molecule has 6 nitrogen and oxygen atoms in total. The van der Waals surface area contributed by atoms with Crippen LogP contribution in [0.2, 0.25) is 0 Å². The maximum atomic E-state index is 12.9. The van der Waals surface area contributed by atoms with Crippen molar-refractivity contribution in [1.29, 1.82) is 0 Å². The molecule has 4 rings (SSSR count). The summed E-state index contributed by atoms with van der Waals surface area (Å²) < 4.78 is 33.1. The number of amides is 1. The summed E-state index contributed by atoms with van der Waals surface area (Å²) in [6.07, 6.45) is 0.795. The standard InChI is InChI=1S/C16H20N2O4S/c1-12-3-2-4-13(9-12)11-23(20,21)18-6-5-16-14(18)10-15(19)17(16)7-8-22-16/h2-4,9,14H,5-8,10-11H2,1H3/t14-,16+/m1/s1. The number of nitrogens with zero attached hydrogens (tertiary/aromatic N) is 2. The molecule has 1 aromatic carbocycles. The molecule has 23 heavy (non-hydrogen) atoms. The number of ether oxygens (including phenoxy) is 1. The monoisotopic (exact) mass is 336 g/mol. The van der Waals surface area contributed by atoms with E-state index in [1.807, 2.05) is 31.2 Å². The number of carbonyl (C=O) groups is 1. The van der Waals surface area contributed by atoms with Crippen LogP contribution in [0.15, 0.2) is 24.3 Å². The Bertz CT molecular complexity index is 763. The molecule has 3 aliphatic rings. The van der Waals surface area contributed by atoms with Crippen LogP contribution in [0.4, 0.5) is 0 Å². The fourth-order valence-corrected chi connectivity index (χ4v) is 5.95. The second-order valence-corrected chi connectivity index (χ2v) is 8.49. The number of aryl methyl sites for hydroxylation is 1. The molecule has 3 heterocycles. The van der Waals surface area contributed by atoms with E-state index in [1.54, 1.807) is 4.90 Å². The minimum absolute atomic E-state index is 0.00274. The average molecular weight is 336 g/mol. The summed E-state index contributed by atoms with van der Waals surface area (Å²) >= 11 is 0. The predicted molar refractivity (Wildman–Crippen MR) is 83.9 cm³/mol. The Balaban J connectivity index is 1.62. The summed E-state index contributed by atoms with van der Waals surface area (Å²) in [6, 6.07) is 7.15. The van der Waals surface area contributed by atoms with Crippen molar-refractivity contribution in [2.45, 2.75) is 37.3 Å². The normalized spacial score (nSPS) is 30.7. The van der Waals surface area contributed by atoms with E-state index in [0.29, 0.717) is 26.1 Å². The lowest BCUT2D eigenvalue weighted by atomic mass is 10.1. The molecule has 3 fully saturated rings. The van der Waals surface area contributed by atoms with Gasteiger partial charge < -0.3 is 9.64 Å². The molecule has 124 valence electrons. The van der Waals surface area contributed by atoms with Gasteiger partial charge in [0.05, 0.1) is 18.4 Å². The molecule has 1 spiro atoms. The van der Waals surface area contributed by atoms with Crippen LogP contribution < -0.4 is 0 Å². The van der Waals surface area contributed by atoms with Crippen LogP contribution in [0, 0.1) is 6.92 Å². The smallest absolute Gasteiger partial charge is 0.226 e. The van der Waals surface area contributed by atoms with Crippen LogP contribution in [0.25, 0.3) is 0 Å². The summed E-state index contributed by atoms with van der Waals surface area (Å²) in [4.78, 5) is 13.9.